The first-order chi connectivity index (χ1) is 7.58. The lowest BCUT2D eigenvalue weighted by Crippen LogP contribution is -1.94. The van der Waals surface area contributed by atoms with E-state index >= 15 is 0 Å². The van der Waals surface area contributed by atoms with Gasteiger partial charge in [-0.25, -0.2) is 4.98 Å². The lowest BCUT2D eigenvalue weighted by Gasteiger charge is -2.07. The number of nitrogens with two attached hydrogens (primary N) is 1. The molecule has 0 unspecified atom stereocenters. The summed E-state index contributed by atoms with van der Waals surface area (Å²) in [5, 5.41) is 0.735. The molecule has 4 heteroatoms. The maximum Gasteiger partial charge on any atom is 0.141 e. The van der Waals surface area contributed by atoms with Gasteiger partial charge in [-0.2, -0.15) is 0 Å². The predicted molar refractivity (Wildman–Crippen MR) is 66.4 cm³/mol. The number of aryl methyl sites for hydroxylation is 2. The smallest absolute Gasteiger partial charge is 0.141 e. The zero-order valence-electron chi connectivity index (χ0n) is 9.16. The van der Waals surface area contributed by atoms with Crippen molar-refractivity contribution in [2.24, 2.45) is 0 Å². The molecule has 0 aliphatic carbocycles. The molecule has 0 radical (unpaired) electrons. The fraction of sp³-hybridized carbons (Fsp3) is 0.167. The molecular weight excluding hydrogens is 222 g/mol. The van der Waals surface area contributed by atoms with Gasteiger partial charge in [-0.3, -0.25) is 4.98 Å². The number of aromatic nitrogens is 2. The van der Waals surface area contributed by atoms with Crippen molar-refractivity contribution in [2.75, 3.05) is 5.73 Å². The van der Waals surface area contributed by atoms with Crippen LogP contribution in [0.15, 0.2) is 24.5 Å². The zero-order valence-corrected chi connectivity index (χ0v) is 9.92. The van der Waals surface area contributed by atoms with Gasteiger partial charge in [-0.15, -0.1) is 0 Å². The molecule has 0 spiro atoms. The van der Waals surface area contributed by atoms with Gasteiger partial charge in [0.2, 0.25) is 0 Å². The van der Waals surface area contributed by atoms with Gasteiger partial charge in [0.25, 0.3) is 0 Å². The van der Waals surface area contributed by atoms with E-state index in [1.165, 1.54) is 0 Å². The molecule has 3 nitrogen and oxygen atoms in total. The summed E-state index contributed by atoms with van der Waals surface area (Å²) in [4.78, 5) is 8.25. The van der Waals surface area contributed by atoms with E-state index in [4.69, 9.17) is 17.3 Å². The maximum atomic E-state index is 6.09. The summed E-state index contributed by atoms with van der Waals surface area (Å²) in [5.41, 5.74) is 9.46. The molecule has 16 heavy (non-hydrogen) atoms. The Balaban J connectivity index is 2.56. The predicted octanol–water partition coefficient (Wildman–Crippen LogP) is 3.00. The maximum absolute atomic E-state index is 6.09. The summed E-state index contributed by atoms with van der Waals surface area (Å²) >= 11 is 6.09. The number of anilines is 1. The molecule has 0 saturated heterocycles. The van der Waals surface area contributed by atoms with E-state index in [1.807, 2.05) is 26.0 Å². The Morgan fingerprint density at radius 1 is 1.06 bits per heavy atom. The molecule has 0 aliphatic rings. The molecule has 2 rings (SSSR count). The van der Waals surface area contributed by atoms with Gasteiger partial charge in [0.1, 0.15) is 5.82 Å². The van der Waals surface area contributed by atoms with Crippen LogP contribution in [0.2, 0.25) is 5.02 Å². The number of halogens is 1. The normalized spacial score (nSPS) is 10.4. The lowest BCUT2D eigenvalue weighted by atomic mass is 10.0. The van der Waals surface area contributed by atoms with Gasteiger partial charge in [-0.1, -0.05) is 17.7 Å². The highest BCUT2D eigenvalue weighted by Crippen LogP contribution is 2.27. The number of nitrogens with zero attached hydrogens (tertiary/aromatic N) is 2. The quantitative estimate of drug-likeness (QED) is 0.824. The van der Waals surface area contributed by atoms with Crippen LogP contribution in [0, 0.1) is 13.8 Å². The highest BCUT2D eigenvalue weighted by molar-refractivity contribution is 6.31. The van der Waals surface area contributed by atoms with Crippen molar-refractivity contribution in [3.63, 3.8) is 0 Å². The molecule has 0 aliphatic heterocycles. The Morgan fingerprint density at radius 2 is 1.81 bits per heavy atom. The summed E-state index contributed by atoms with van der Waals surface area (Å²) < 4.78 is 0. The van der Waals surface area contributed by atoms with Crippen LogP contribution in [0.4, 0.5) is 5.82 Å². The first-order valence-electron chi connectivity index (χ1n) is 4.92. The van der Waals surface area contributed by atoms with Crippen molar-refractivity contribution in [3.8, 4) is 11.3 Å². The van der Waals surface area contributed by atoms with E-state index in [9.17, 15) is 0 Å². The highest BCUT2D eigenvalue weighted by Gasteiger charge is 2.06. The van der Waals surface area contributed by atoms with E-state index in [-0.39, 0.29) is 0 Å². The molecule has 2 aromatic rings. The van der Waals surface area contributed by atoms with Crippen LogP contribution in [-0.4, -0.2) is 9.97 Å². The second kappa shape index (κ2) is 4.10. The minimum Gasteiger partial charge on any atom is -0.382 e. The summed E-state index contributed by atoms with van der Waals surface area (Å²) in [7, 11) is 0. The highest BCUT2D eigenvalue weighted by atomic mass is 35.5. The van der Waals surface area contributed by atoms with Crippen molar-refractivity contribution in [2.45, 2.75) is 13.8 Å². The number of benzene rings is 1. The van der Waals surface area contributed by atoms with Gasteiger partial charge in [0.15, 0.2) is 0 Å². The van der Waals surface area contributed by atoms with Gasteiger partial charge in [0, 0.05) is 10.6 Å². The second-order valence-corrected chi connectivity index (χ2v) is 4.15. The molecule has 0 atom stereocenters. The fourth-order valence-electron chi connectivity index (χ4n) is 1.58. The molecule has 1 aromatic carbocycles. The van der Waals surface area contributed by atoms with Crippen molar-refractivity contribution in [1.29, 1.82) is 0 Å². The van der Waals surface area contributed by atoms with Crippen LogP contribution in [0.5, 0.6) is 0 Å². The molecule has 2 N–H and O–H groups in total. The molecule has 0 saturated carbocycles. The number of rotatable bonds is 1. The first-order valence-corrected chi connectivity index (χ1v) is 5.30. The largest absolute Gasteiger partial charge is 0.382 e. The van der Waals surface area contributed by atoms with Crippen LogP contribution >= 0.6 is 11.6 Å². The van der Waals surface area contributed by atoms with Crippen LogP contribution in [0.1, 0.15) is 11.1 Å². The van der Waals surface area contributed by atoms with E-state index in [1.54, 1.807) is 12.4 Å². The number of hydrogen-bond acceptors (Lipinski definition) is 3. The van der Waals surface area contributed by atoms with Crippen molar-refractivity contribution in [3.05, 3.63) is 40.7 Å². The van der Waals surface area contributed by atoms with E-state index in [2.05, 4.69) is 9.97 Å². The third-order valence-corrected chi connectivity index (χ3v) is 2.86. The summed E-state index contributed by atoms with van der Waals surface area (Å²) in [6.07, 6.45) is 3.20. The number of nitrogen functional groups attached to an aromatic ring is 1. The minimum atomic E-state index is 0.416. The SMILES string of the molecule is Cc1cc(C)c(-c2cnc(N)cn2)cc1Cl. The van der Waals surface area contributed by atoms with Crippen molar-refractivity contribution >= 4 is 17.4 Å². The zero-order chi connectivity index (χ0) is 11.7. The minimum absolute atomic E-state index is 0.416. The second-order valence-electron chi connectivity index (χ2n) is 3.74. The first kappa shape index (κ1) is 10.9. The molecule has 0 fully saturated rings. The average molecular weight is 234 g/mol. The third-order valence-electron chi connectivity index (χ3n) is 2.45. The summed E-state index contributed by atoms with van der Waals surface area (Å²) in [6, 6.07) is 3.95. The molecule has 1 heterocycles. The standard InChI is InChI=1S/C12H12ClN3/c1-7-3-8(2)10(13)4-9(7)11-5-16-12(14)6-15-11/h3-6H,1-2H3,(H2,14,16). The van der Waals surface area contributed by atoms with Gasteiger partial charge in [0.05, 0.1) is 18.1 Å². The number of hydrogen-bond donors (Lipinski definition) is 1. The molecule has 1 aromatic heterocycles. The van der Waals surface area contributed by atoms with Crippen LogP contribution in [-0.2, 0) is 0 Å². The van der Waals surface area contributed by atoms with Gasteiger partial charge in [-0.05, 0) is 31.0 Å². The van der Waals surface area contributed by atoms with Crippen molar-refractivity contribution < 1.29 is 0 Å². The Bertz CT molecular complexity index is 521. The Hall–Kier alpha value is -1.61. The Labute approximate surface area is 99.3 Å². The van der Waals surface area contributed by atoms with Gasteiger partial charge >= 0.3 is 0 Å². The van der Waals surface area contributed by atoms with E-state index < -0.39 is 0 Å². The summed E-state index contributed by atoms with van der Waals surface area (Å²) in [6.45, 7) is 4.00. The van der Waals surface area contributed by atoms with Crippen molar-refractivity contribution in [1.82, 2.24) is 9.97 Å². The molecule has 0 bridgehead atoms. The average Bonchev–Trinajstić information content (AvgIpc) is 2.25. The molecular formula is C12H12ClN3. The third kappa shape index (κ3) is 1.99. The Morgan fingerprint density at radius 3 is 2.44 bits per heavy atom. The molecule has 0 amide bonds. The van der Waals surface area contributed by atoms with E-state index in [0.29, 0.717) is 5.82 Å². The van der Waals surface area contributed by atoms with E-state index in [0.717, 1.165) is 27.4 Å². The monoisotopic (exact) mass is 233 g/mol. The van der Waals surface area contributed by atoms with Crippen LogP contribution < -0.4 is 5.73 Å². The van der Waals surface area contributed by atoms with Crippen LogP contribution in [0.3, 0.4) is 0 Å². The fourth-order valence-corrected chi connectivity index (χ4v) is 1.74. The molecule has 82 valence electrons. The lowest BCUT2D eigenvalue weighted by molar-refractivity contribution is 1.21. The Kier molecular flexibility index (Phi) is 2.79. The summed E-state index contributed by atoms with van der Waals surface area (Å²) in [5.74, 6) is 0.416. The topological polar surface area (TPSA) is 51.8 Å². The van der Waals surface area contributed by atoms with Gasteiger partial charge < -0.3 is 5.73 Å². The van der Waals surface area contributed by atoms with Crippen LogP contribution in [0.25, 0.3) is 11.3 Å².